The Morgan fingerprint density at radius 1 is 1.16 bits per heavy atom. The van der Waals surface area contributed by atoms with Crippen molar-refractivity contribution in [3.63, 3.8) is 0 Å². The third kappa shape index (κ3) is 2.48. The Labute approximate surface area is 116 Å². The molecule has 1 atom stereocenters. The monoisotopic (exact) mass is 259 g/mol. The fourth-order valence-electron chi connectivity index (χ4n) is 3.59. The molecule has 0 amide bonds. The summed E-state index contributed by atoms with van der Waals surface area (Å²) in [5.74, 6) is 1.18. The van der Waals surface area contributed by atoms with Crippen molar-refractivity contribution in [3.8, 4) is 0 Å². The van der Waals surface area contributed by atoms with Crippen LogP contribution in [-0.2, 0) is 0 Å². The first-order chi connectivity index (χ1) is 9.29. The van der Waals surface area contributed by atoms with Crippen LogP contribution in [0, 0.1) is 6.92 Å². The topological polar surface area (TPSA) is 19.4 Å². The van der Waals surface area contributed by atoms with E-state index in [1.54, 1.807) is 0 Å². The minimum Gasteiger partial charge on any atom is -0.357 e. The Morgan fingerprint density at radius 3 is 2.63 bits per heavy atom. The van der Waals surface area contributed by atoms with Gasteiger partial charge in [-0.15, -0.1) is 0 Å². The average molecular weight is 259 g/mol. The molecule has 1 aromatic rings. The van der Waals surface area contributed by atoms with E-state index in [0.29, 0.717) is 6.04 Å². The van der Waals surface area contributed by atoms with Gasteiger partial charge in [0.05, 0.1) is 0 Å². The minimum atomic E-state index is 0.602. The molecule has 0 radical (unpaired) electrons. The van der Waals surface area contributed by atoms with Gasteiger partial charge in [-0.05, 0) is 57.3 Å². The van der Waals surface area contributed by atoms with Gasteiger partial charge in [-0.1, -0.05) is 13.0 Å². The first-order valence-corrected chi connectivity index (χ1v) is 7.76. The number of rotatable bonds is 3. The molecule has 2 aliphatic heterocycles. The van der Waals surface area contributed by atoms with E-state index in [0.717, 1.165) is 6.54 Å². The Balaban J connectivity index is 1.83. The number of aryl methyl sites for hydroxylation is 1. The summed E-state index contributed by atoms with van der Waals surface area (Å²) in [5.41, 5.74) is 2.68. The smallest absolute Gasteiger partial charge is 0.128 e. The van der Waals surface area contributed by atoms with Crippen LogP contribution < -0.4 is 4.90 Å². The Morgan fingerprint density at radius 2 is 1.95 bits per heavy atom. The van der Waals surface area contributed by atoms with Crippen molar-refractivity contribution in [2.75, 3.05) is 31.1 Å². The van der Waals surface area contributed by atoms with Gasteiger partial charge >= 0.3 is 0 Å². The van der Waals surface area contributed by atoms with E-state index in [-0.39, 0.29) is 0 Å². The molecule has 0 aliphatic carbocycles. The Bertz CT molecular complexity index is 438. The van der Waals surface area contributed by atoms with Crippen LogP contribution in [-0.4, -0.2) is 36.1 Å². The molecule has 3 nitrogen and oxygen atoms in total. The summed E-state index contributed by atoms with van der Waals surface area (Å²) in [6.45, 7) is 9.19. The number of pyridine rings is 1. The van der Waals surface area contributed by atoms with E-state index in [4.69, 9.17) is 4.98 Å². The molecule has 2 saturated heterocycles. The predicted octanol–water partition coefficient (Wildman–Crippen LogP) is 3.15. The molecule has 2 fully saturated rings. The van der Waals surface area contributed by atoms with Gasteiger partial charge < -0.3 is 4.90 Å². The molecule has 1 aromatic heterocycles. The minimum absolute atomic E-state index is 0.602. The van der Waals surface area contributed by atoms with Crippen LogP contribution in [0.2, 0.25) is 0 Å². The molecule has 104 valence electrons. The van der Waals surface area contributed by atoms with Gasteiger partial charge in [0.2, 0.25) is 0 Å². The van der Waals surface area contributed by atoms with Crippen LogP contribution in [0.1, 0.15) is 49.9 Å². The first kappa shape index (κ1) is 12.9. The van der Waals surface area contributed by atoms with E-state index in [1.165, 1.54) is 62.4 Å². The zero-order valence-electron chi connectivity index (χ0n) is 12.2. The van der Waals surface area contributed by atoms with Crippen molar-refractivity contribution >= 4 is 5.82 Å². The second-order valence-corrected chi connectivity index (χ2v) is 5.82. The Kier molecular flexibility index (Phi) is 3.74. The molecule has 0 bridgehead atoms. The van der Waals surface area contributed by atoms with Crippen molar-refractivity contribution in [3.05, 3.63) is 23.4 Å². The summed E-state index contributed by atoms with van der Waals surface area (Å²) >= 11 is 0. The molecule has 3 heteroatoms. The lowest BCUT2D eigenvalue weighted by atomic mass is 10.0. The standard InChI is InChI=1S/C16H25N3/c1-3-18-12-6-7-15(18)14-8-9-16(17-13(14)2)19-10-4-5-11-19/h8-9,15H,3-7,10-12H2,1-2H3/t15-/m0/s1. The van der Waals surface area contributed by atoms with E-state index >= 15 is 0 Å². The van der Waals surface area contributed by atoms with Crippen molar-refractivity contribution in [2.45, 2.75) is 45.6 Å². The number of hydrogen-bond acceptors (Lipinski definition) is 3. The normalized spacial score (nSPS) is 24.3. The van der Waals surface area contributed by atoms with Crippen LogP contribution in [0.4, 0.5) is 5.82 Å². The van der Waals surface area contributed by atoms with Crippen LogP contribution >= 0.6 is 0 Å². The van der Waals surface area contributed by atoms with Crippen molar-refractivity contribution in [1.82, 2.24) is 9.88 Å². The SMILES string of the molecule is CCN1CCC[C@H]1c1ccc(N2CCCC2)nc1C. The van der Waals surface area contributed by atoms with Crippen LogP contribution in [0.15, 0.2) is 12.1 Å². The van der Waals surface area contributed by atoms with E-state index in [9.17, 15) is 0 Å². The molecule has 0 saturated carbocycles. The summed E-state index contributed by atoms with van der Waals surface area (Å²) in [6, 6.07) is 5.17. The molecule has 3 rings (SSSR count). The summed E-state index contributed by atoms with van der Waals surface area (Å²) in [5, 5.41) is 0. The summed E-state index contributed by atoms with van der Waals surface area (Å²) in [4.78, 5) is 9.87. The lowest BCUT2D eigenvalue weighted by Gasteiger charge is -2.25. The van der Waals surface area contributed by atoms with Gasteiger partial charge in [0.1, 0.15) is 5.82 Å². The number of anilines is 1. The lowest BCUT2D eigenvalue weighted by Crippen LogP contribution is -2.24. The van der Waals surface area contributed by atoms with E-state index in [2.05, 4.69) is 35.8 Å². The third-order valence-electron chi connectivity index (χ3n) is 4.67. The number of aromatic nitrogens is 1. The first-order valence-electron chi connectivity index (χ1n) is 7.76. The maximum atomic E-state index is 4.87. The van der Waals surface area contributed by atoms with Crippen molar-refractivity contribution in [2.24, 2.45) is 0 Å². The van der Waals surface area contributed by atoms with Gasteiger partial charge in [0.15, 0.2) is 0 Å². The molecule has 19 heavy (non-hydrogen) atoms. The van der Waals surface area contributed by atoms with Crippen LogP contribution in [0.25, 0.3) is 0 Å². The quantitative estimate of drug-likeness (QED) is 0.831. The fourth-order valence-corrected chi connectivity index (χ4v) is 3.59. The Hall–Kier alpha value is -1.09. The average Bonchev–Trinajstić information content (AvgIpc) is 3.09. The van der Waals surface area contributed by atoms with Gasteiger partial charge in [0, 0.05) is 24.8 Å². The highest BCUT2D eigenvalue weighted by Gasteiger charge is 2.26. The fraction of sp³-hybridized carbons (Fsp3) is 0.688. The van der Waals surface area contributed by atoms with Crippen molar-refractivity contribution in [1.29, 1.82) is 0 Å². The second-order valence-electron chi connectivity index (χ2n) is 5.82. The number of nitrogens with zero attached hydrogens (tertiary/aromatic N) is 3. The van der Waals surface area contributed by atoms with Gasteiger partial charge in [-0.25, -0.2) is 4.98 Å². The highest BCUT2D eigenvalue weighted by atomic mass is 15.2. The lowest BCUT2D eigenvalue weighted by molar-refractivity contribution is 0.270. The maximum absolute atomic E-state index is 4.87. The zero-order valence-corrected chi connectivity index (χ0v) is 12.2. The molecule has 0 spiro atoms. The summed E-state index contributed by atoms with van der Waals surface area (Å²) in [7, 11) is 0. The zero-order chi connectivity index (χ0) is 13.2. The van der Waals surface area contributed by atoms with Gasteiger partial charge in [-0.2, -0.15) is 0 Å². The van der Waals surface area contributed by atoms with Gasteiger partial charge in [-0.3, -0.25) is 4.90 Å². The number of likely N-dealkylation sites (tertiary alicyclic amines) is 1. The highest BCUT2D eigenvalue weighted by molar-refractivity contribution is 5.43. The molecule has 0 unspecified atom stereocenters. The van der Waals surface area contributed by atoms with Gasteiger partial charge in [0.25, 0.3) is 0 Å². The molecule has 3 heterocycles. The predicted molar refractivity (Wildman–Crippen MR) is 79.6 cm³/mol. The van der Waals surface area contributed by atoms with E-state index in [1.807, 2.05) is 0 Å². The summed E-state index contributed by atoms with van der Waals surface area (Å²) < 4.78 is 0. The largest absolute Gasteiger partial charge is 0.357 e. The molecule has 2 aliphatic rings. The third-order valence-corrected chi connectivity index (χ3v) is 4.67. The maximum Gasteiger partial charge on any atom is 0.128 e. The molecular weight excluding hydrogens is 234 g/mol. The van der Waals surface area contributed by atoms with Crippen molar-refractivity contribution < 1.29 is 0 Å². The van der Waals surface area contributed by atoms with E-state index < -0.39 is 0 Å². The second kappa shape index (κ2) is 5.49. The molecule has 0 N–H and O–H groups in total. The molecular formula is C16H25N3. The number of hydrogen-bond donors (Lipinski definition) is 0. The molecule has 0 aromatic carbocycles. The van der Waals surface area contributed by atoms with Crippen LogP contribution in [0.3, 0.4) is 0 Å². The highest BCUT2D eigenvalue weighted by Crippen LogP contribution is 2.33. The van der Waals surface area contributed by atoms with Crippen LogP contribution in [0.5, 0.6) is 0 Å². The summed E-state index contributed by atoms with van der Waals surface area (Å²) in [6.07, 6.45) is 5.24.